The van der Waals surface area contributed by atoms with Crippen molar-refractivity contribution in [2.24, 2.45) is 0 Å². The predicted molar refractivity (Wildman–Crippen MR) is 111 cm³/mol. The number of rotatable bonds is 14. The third-order valence-electron chi connectivity index (χ3n) is 3.71. The van der Waals surface area contributed by atoms with Crippen molar-refractivity contribution in [3.63, 3.8) is 0 Å². The topological polar surface area (TPSA) is 158 Å². The van der Waals surface area contributed by atoms with Crippen LogP contribution in [0.3, 0.4) is 0 Å². The van der Waals surface area contributed by atoms with E-state index in [9.17, 15) is 9.13 Å². The predicted octanol–water partition coefficient (Wildman–Crippen LogP) is 2.57. The zero-order valence-electron chi connectivity index (χ0n) is 16.9. The standard InChI is InChI=1S/C15H34N2O8P2S/c1-14(2,24-26(18,19)20)9-5-7-11-16-13(28)17-12-8-6-10-15(3,4)25-27(21,22)23/h5-12H2,1-4H3,(H2,16,17,28)(H2,18,19,20)(H2,21,22,23). The average molecular weight is 464 g/mol. The first-order valence-electron chi connectivity index (χ1n) is 9.06. The van der Waals surface area contributed by atoms with Gasteiger partial charge in [0.15, 0.2) is 5.11 Å². The van der Waals surface area contributed by atoms with Crippen LogP contribution in [0.2, 0.25) is 0 Å². The molecule has 0 aromatic rings. The number of phosphoric ester groups is 2. The van der Waals surface area contributed by atoms with Crippen LogP contribution in [0.4, 0.5) is 0 Å². The molecule has 0 bridgehead atoms. The maximum Gasteiger partial charge on any atom is 0.470 e. The minimum absolute atomic E-state index is 0.506. The van der Waals surface area contributed by atoms with Crippen LogP contribution in [-0.2, 0) is 18.2 Å². The van der Waals surface area contributed by atoms with Crippen LogP contribution >= 0.6 is 27.9 Å². The smallest absolute Gasteiger partial charge is 0.363 e. The maximum atomic E-state index is 10.9. The molecule has 10 nitrogen and oxygen atoms in total. The summed E-state index contributed by atoms with van der Waals surface area (Å²) in [6.07, 6.45) is 3.99. The van der Waals surface area contributed by atoms with E-state index >= 15 is 0 Å². The molecule has 0 fully saturated rings. The van der Waals surface area contributed by atoms with Crippen molar-refractivity contribution in [3.8, 4) is 0 Å². The second-order valence-electron chi connectivity index (χ2n) is 7.78. The molecular weight excluding hydrogens is 430 g/mol. The average Bonchev–Trinajstić information content (AvgIpc) is 2.40. The number of phosphoric acid groups is 2. The Kier molecular flexibility index (Phi) is 11.9. The molecule has 0 aliphatic carbocycles. The molecule has 0 atom stereocenters. The normalized spacial score (nSPS) is 13.4. The fourth-order valence-electron chi connectivity index (χ4n) is 2.55. The summed E-state index contributed by atoms with van der Waals surface area (Å²) in [5, 5.41) is 6.62. The van der Waals surface area contributed by atoms with Gasteiger partial charge >= 0.3 is 15.6 Å². The van der Waals surface area contributed by atoms with E-state index in [4.69, 9.17) is 40.8 Å². The van der Waals surface area contributed by atoms with E-state index in [2.05, 4.69) is 10.6 Å². The minimum Gasteiger partial charge on any atom is -0.363 e. The van der Waals surface area contributed by atoms with Crippen LogP contribution in [0.1, 0.15) is 66.2 Å². The highest BCUT2D eigenvalue weighted by Gasteiger charge is 2.29. The molecule has 0 aliphatic heterocycles. The van der Waals surface area contributed by atoms with E-state index in [0.29, 0.717) is 31.0 Å². The Bertz CT molecular complexity index is 528. The Morgan fingerprint density at radius 1 is 0.786 bits per heavy atom. The van der Waals surface area contributed by atoms with Gasteiger partial charge in [-0.05, 0) is 78.4 Å². The summed E-state index contributed by atoms with van der Waals surface area (Å²) < 4.78 is 31.2. The Morgan fingerprint density at radius 2 is 1.11 bits per heavy atom. The van der Waals surface area contributed by atoms with Crippen molar-refractivity contribution in [1.82, 2.24) is 10.6 Å². The SMILES string of the molecule is CC(C)(CCCCNC(=S)NCCCCC(C)(C)OP(=O)(O)O)OP(=O)(O)O. The molecule has 168 valence electrons. The molecule has 0 saturated heterocycles. The van der Waals surface area contributed by atoms with Crippen molar-refractivity contribution in [3.05, 3.63) is 0 Å². The summed E-state index contributed by atoms with van der Waals surface area (Å²) in [5.41, 5.74) is -1.79. The van der Waals surface area contributed by atoms with Gasteiger partial charge in [-0.15, -0.1) is 0 Å². The summed E-state index contributed by atoms with van der Waals surface area (Å²) >= 11 is 5.17. The first-order valence-corrected chi connectivity index (χ1v) is 12.5. The summed E-state index contributed by atoms with van der Waals surface area (Å²) in [4.78, 5) is 35.4. The lowest BCUT2D eigenvalue weighted by Gasteiger charge is -2.25. The summed E-state index contributed by atoms with van der Waals surface area (Å²) in [5.74, 6) is 0. The Morgan fingerprint density at radius 3 is 1.39 bits per heavy atom. The molecule has 0 aromatic carbocycles. The molecule has 0 saturated carbocycles. The van der Waals surface area contributed by atoms with Crippen molar-refractivity contribution in [2.45, 2.75) is 77.4 Å². The van der Waals surface area contributed by atoms with Gasteiger partial charge in [0, 0.05) is 13.1 Å². The zero-order chi connectivity index (χ0) is 22.1. The van der Waals surface area contributed by atoms with E-state index in [1.54, 1.807) is 27.7 Å². The molecule has 0 amide bonds. The van der Waals surface area contributed by atoms with Crippen LogP contribution in [0.5, 0.6) is 0 Å². The van der Waals surface area contributed by atoms with E-state index < -0.39 is 26.8 Å². The highest BCUT2D eigenvalue weighted by atomic mass is 32.1. The van der Waals surface area contributed by atoms with Crippen molar-refractivity contribution in [2.75, 3.05) is 13.1 Å². The van der Waals surface area contributed by atoms with Crippen LogP contribution in [0.25, 0.3) is 0 Å². The van der Waals surface area contributed by atoms with Crippen LogP contribution in [0.15, 0.2) is 0 Å². The first-order chi connectivity index (χ1) is 12.5. The van der Waals surface area contributed by atoms with Crippen molar-refractivity contribution in [1.29, 1.82) is 0 Å². The molecule has 0 unspecified atom stereocenters. The van der Waals surface area contributed by atoms with Crippen LogP contribution in [-0.4, -0.2) is 49.0 Å². The summed E-state index contributed by atoms with van der Waals surface area (Å²) in [7, 11) is -8.98. The van der Waals surface area contributed by atoms with Gasteiger partial charge in [-0.25, -0.2) is 9.13 Å². The van der Waals surface area contributed by atoms with Gasteiger partial charge in [-0.3, -0.25) is 9.05 Å². The highest BCUT2D eigenvalue weighted by molar-refractivity contribution is 7.80. The van der Waals surface area contributed by atoms with Gasteiger partial charge in [0.25, 0.3) is 0 Å². The second kappa shape index (κ2) is 11.9. The fourth-order valence-corrected chi connectivity index (χ4v) is 4.23. The van der Waals surface area contributed by atoms with Gasteiger partial charge in [-0.1, -0.05) is 0 Å². The number of thiocarbonyl (C=S) groups is 1. The molecule has 0 aliphatic rings. The maximum absolute atomic E-state index is 10.9. The molecule has 0 radical (unpaired) electrons. The molecule has 0 aromatic heterocycles. The van der Waals surface area contributed by atoms with E-state index in [0.717, 1.165) is 25.7 Å². The lowest BCUT2D eigenvalue weighted by Crippen LogP contribution is -2.36. The quantitative estimate of drug-likeness (QED) is 0.127. The minimum atomic E-state index is -4.49. The summed E-state index contributed by atoms with van der Waals surface area (Å²) in [6.45, 7) is 7.80. The number of hydrogen-bond donors (Lipinski definition) is 6. The Balaban J connectivity index is 3.79. The van der Waals surface area contributed by atoms with Gasteiger partial charge in [-0.2, -0.15) is 0 Å². The van der Waals surface area contributed by atoms with E-state index in [1.165, 1.54) is 0 Å². The molecule has 0 rings (SSSR count). The monoisotopic (exact) mass is 464 g/mol. The molecule has 0 spiro atoms. The highest BCUT2D eigenvalue weighted by Crippen LogP contribution is 2.43. The van der Waals surface area contributed by atoms with Gasteiger partial charge in [0.1, 0.15) is 0 Å². The number of unbranched alkanes of at least 4 members (excludes halogenated alkanes) is 2. The summed E-state index contributed by atoms with van der Waals surface area (Å²) in [6, 6.07) is 0. The third kappa shape index (κ3) is 18.0. The molecule has 6 N–H and O–H groups in total. The van der Waals surface area contributed by atoms with Crippen molar-refractivity contribution >= 4 is 33.0 Å². The third-order valence-corrected chi connectivity index (χ3v) is 5.47. The largest absolute Gasteiger partial charge is 0.470 e. The van der Waals surface area contributed by atoms with Crippen LogP contribution in [0, 0.1) is 0 Å². The van der Waals surface area contributed by atoms with Crippen molar-refractivity contribution < 1.29 is 37.8 Å². The fraction of sp³-hybridized carbons (Fsp3) is 0.933. The second-order valence-corrected chi connectivity index (χ2v) is 10.5. The molecular formula is C15H34N2O8P2S. The molecule has 13 heteroatoms. The zero-order valence-corrected chi connectivity index (χ0v) is 19.5. The molecule has 0 heterocycles. The lowest BCUT2D eigenvalue weighted by molar-refractivity contribution is 0.0545. The first kappa shape index (κ1) is 27.9. The number of hydrogen-bond acceptors (Lipinski definition) is 5. The Labute approximate surface area is 172 Å². The molecule has 28 heavy (non-hydrogen) atoms. The van der Waals surface area contributed by atoms with Gasteiger partial charge in [0.2, 0.25) is 0 Å². The lowest BCUT2D eigenvalue weighted by atomic mass is 10.0. The van der Waals surface area contributed by atoms with Crippen LogP contribution < -0.4 is 10.6 Å². The van der Waals surface area contributed by atoms with E-state index in [1.807, 2.05) is 0 Å². The number of nitrogens with one attached hydrogen (secondary N) is 2. The van der Waals surface area contributed by atoms with Gasteiger partial charge in [0.05, 0.1) is 11.2 Å². The Hall–Kier alpha value is -0.0900. The van der Waals surface area contributed by atoms with Gasteiger partial charge < -0.3 is 30.2 Å². The van der Waals surface area contributed by atoms with E-state index in [-0.39, 0.29) is 0 Å².